The number of rotatable bonds is 7. The summed E-state index contributed by atoms with van der Waals surface area (Å²) in [6.45, 7) is 1.32. The quantitative estimate of drug-likeness (QED) is 0.341. The van der Waals surface area contributed by atoms with Crippen LogP contribution in [0.15, 0.2) is 59.0 Å². The van der Waals surface area contributed by atoms with Crippen molar-refractivity contribution in [3.05, 3.63) is 70.3 Å². The van der Waals surface area contributed by atoms with Crippen molar-refractivity contribution >= 4 is 39.1 Å². The Kier molecular flexibility index (Phi) is 7.61. The first-order valence-corrected chi connectivity index (χ1v) is 13.2. The van der Waals surface area contributed by atoms with E-state index in [1.165, 1.54) is 40.6 Å². The molecule has 2 aliphatic heterocycles. The van der Waals surface area contributed by atoms with E-state index >= 15 is 0 Å². The molecule has 2 aliphatic rings. The number of ketones is 1. The summed E-state index contributed by atoms with van der Waals surface area (Å²) in [6.07, 6.45) is 2.66. The SMILES string of the molecule is COCCN1C(=O)C(=O)C(=C(O)c2ccc(S(=O)(=O)N3CCCCC3)cc2)[C@H]1c1ccc(Cl)cc1. The van der Waals surface area contributed by atoms with Crippen LogP contribution in [0.2, 0.25) is 5.02 Å². The molecule has 8 nitrogen and oxygen atoms in total. The standard InChI is InChI=1S/C25H27ClN2O6S/c1-34-16-15-28-22(17-5-9-19(26)10-6-17)21(24(30)25(28)31)23(29)18-7-11-20(12-8-18)35(32,33)27-13-3-2-4-14-27/h5-12,22,29H,2-4,13-16H2,1H3/t22-/m1/s1. The second-order valence-corrected chi connectivity index (χ2v) is 10.9. The van der Waals surface area contributed by atoms with Crippen LogP contribution < -0.4 is 0 Å². The molecule has 0 aromatic heterocycles. The summed E-state index contributed by atoms with van der Waals surface area (Å²) in [5.41, 5.74) is 0.780. The highest BCUT2D eigenvalue weighted by Gasteiger charge is 2.45. The van der Waals surface area contributed by atoms with Crippen LogP contribution in [0.1, 0.15) is 36.4 Å². The number of likely N-dealkylation sites (tertiary alicyclic amines) is 1. The van der Waals surface area contributed by atoms with Gasteiger partial charge in [-0.05, 0) is 54.8 Å². The van der Waals surface area contributed by atoms with Crippen LogP contribution in [-0.4, -0.2) is 67.8 Å². The van der Waals surface area contributed by atoms with Crippen molar-refractivity contribution in [3.8, 4) is 0 Å². The van der Waals surface area contributed by atoms with E-state index in [2.05, 4.69) is 0 Å². The fraction of sp³-hybridized carbons (Fsp3) is 0.360. The molecule has 0 aliphatic carbocycles. The van der Waals surface area contributed by atoms with Gasteiger partial charge < -0.3 is 14.7 Å². The Hall–Kier alpha value is -2.72. The predicted molar refractivity (Wildman–Crippen MR) is 131 cm³/mol. The first-order chi connectivity index (χ1) is 16.8. The minimum atomic E-state index is -3.64. The molecule has 4 rings (SSSR count). The van der Waals surface area contributed by atoms with E-state index in [1.54, 1.807) is 24.3 Å². The lowest BCUT2D eigenvalue weighted by molar-refractivity contribution is -0.140. The van der Waals surface area contributed by atoms with E-state index in [4.69, 9.17) is 16.3 Å². The van der Waals surface area contributed by atoms with Crippen LogP contribution in [0.5, 0.6) is 0 Å². The van der Waals surface area contributed by atoms with E-state index < -0.39 is 27.8 Å². The summed E-state index contributed by atoms with van der Waals surface area (Å²) in [5.74, 6) is -1.93. The molecule has 1 atom stereocenters. The van der Waals surface area contributed by atoms with E-state index in [0.717, 1.165) is 19.3 Å². The highest BCUT2D eigenvalue weighted by Crippen LogP contribution is 2.39. The van der Waals surface area contributed by atoms with Gasteiger partial charge in [-0.1, -0.05) is 30.2 Å². The number of hydrogen-bond acceptors (Lipinski definition) is 6. The molecule has 35 heavy (non-hydrogen) atoms. The largest absolute Gasteiger partial charge is 0.507 e. The normalized spacial score (nSPS) is 21.0. The maximum Gasteiger partial charge on any atom is 0.295 e. The number of benzene rings is 2. The Labute approximate surface area is 209 Å². The van der Waals surface area contributed by atoms with E-state index in [9.17, 15) is 23.1 Å². The molecule has 0 unspecified atom stereocenters. The topological polar surface area (TPSA) is 104 Å². The smallest absolute Gasteiger partial charge is 0.295 e. The number of ether oxygens (including phenoxy) is 1. The number of aliphatic hydroxyl groups excluding tert-OH is 1. The first-order valence-electron chi connectivity index (χ1n) is 11.4. The van der Waals surface area contributed by atoms with E-state index in [-0.39, 0.29) is 34.9 Å². The summed E-state index contributed by atoms with van der Waals surface area (Å²) in [7, 11) is -2.15. The Morgan fingerprint density at radius 1 is 1.03 bits per heavy atom. The number of carbonyl (C=O) groups is 2. The highest BCUT2D eigenvalue weighted by atomic mass is 35.5. The second-order valence-electron chi connectivity index (χ2n) is 8.53. The van der Waals surface area contributed by atoms with Gasteiger partial charge in [0.2, 0.25) is 10.0 Å². The fourth-order valence-corrected chi connectivity index (χ4v) is 6.13. The van der Waals surface area contributed by atoms with Gasteiger partial charge in [0.15, 0.2) is 0 Å². The number of Topliss-reactive ketones (excluding diaryl/α,β-unsaturated/α-hetero) is 1. The Balaban J connectivity index is 1.73. The summed E-state index contributed by atoms with van der Waals surface area (Å²) in [5, 5.41) is 11.6. The van der Waals surface area contributed by atoms with Crippen molar-refractivity contribution in [3.63, 3.8) is 0 Å². The number of nitrogens with zero attached hydrogens (tertiary/aromatic N) is 2. The minimum Gasteiger partial charge on any atom is -0.507 e. The number of hydrogen-bond donors (Lipinski definition) is 1. The molecular weight excluding hydrogens is 492 g/mol. The van der Waals surface area contributed by atoms with Crippen LogP contribution in [0, 0.1) is 0 Å². The molecular formula is C25H27ClN2O6S. The van der Waals surface area contributed by atoms with Crippen molar-refractivity contribution in [2.24, 2.45) is 0 Å². The van der Waals surface area contributed by atoms with Crippen molar-refractivity contribution in [1.82, 2.24) is 9.21 Å². The number of amides is 1. The molecule has 2 saturated heterocycles. The average Bonchev–Trinajstić information content (AvgIpc) is 3.13. The molecule has 1 N–H and O–H groups in total. The zero-order valence-electron chi connectivity index (χ0n) is 19.3. The minimum absolute atomic E-state index is 0.0694. The maximum absolute atomic E-state index is 13.0. The summed E-state index contributed by atoms with van der Waals surface area (Å²) < 4.78 is 32.5. The van der Waals surface area contributed by atoms with Gasteiger partial charge in [-0.15, -0.1) is 0 Å². The number of carbonyl (C=O) groups excluding carboxylic acids is 2. The number of methoxy groups -OCH3 is 1. The van der Waals surface area contributed by atoms with Crippen LogP contribution in [0.3, 0.4) is 0 Å². The average molecular weight is 519 g/mol. The molecule has 2 aromatic carbocycles. The molecule has 0 bridgehead atoms. The van der Waals surface area contributed by atoms with Crippen LogP contribution in [0.25, 0.3) is 5.76 Å². The third-order valence-electron chi connectivity index (χ3n) is 6.34. The predicted octanol–water partition coefficient (Wildman–Crippen LogP) is 3.58. The van der Waals surface area contributed by atoms with Crippen LogP contribution in [-0.2, 0) is 24.3 Å². The molecule has 0 saturated carbocycles. The monoisotopic (exact) mass is 518 g/mol. The number of piperidine rings is 1. The van der Waals surface area contributed by atoms with Crippen LogP contribution >= 0.6 is 11.6 Å². The lowest BCUT2D eigenvalue weighted by atomic mass is 9.95. The van der Waals surface area contributed by atoms with Gasteiger partial charge in [-0.25, -0.2) is 8.42 Å². The van der Waals surface area contributed by atoms with Gasteiger partial charge in [0.25, 0.3) is 11.7 Å². The van der Waals surface area contributed by atoms with Gasteiger partial charge in [-0.3, -0.25) is 9.59 Å². The van der Waals surface area contributed by atoms with Crippen molar-refractivity contribution in [2.75, 3.05) is 33.4 Å². The lowest BCUT2D eigenvalue weighted by Gasteiger charge is -2.26. The Bertz CT molecular complexity index is 1240. The van der Waals surface area contributed by atoms with Gasteiger partial charge in [0, 0.05) is 37.3 Å². The third kappa shape index (κ3) is 4.99. The first kappa shape index (κ1) is 25.4. The maximum atomic E-state index is 13.0. The molecule has 2 fully saturated rings. The van der Waals surface area contributed by atoms with Gasteiger partial charge in [0.1, 0.15) is 5.76 Å². The number of sulfonamides is 1. The fourth-order valence-electron chi connectivity index (χ4n) is 4.49. The zero-order chi connectivity index (χ0) is 25.2. The van der Waals surface area contributed by atoms with E-state index in [1.807, 2.05) is 0 Å². The molecule has 1 amide bonds. The van der Waals surface area contributed by atoms with E-state index in [0.29, 0.717) is 23.7 Å². The molecule has 2 aromatic rings. The van der Waals surface area contributed by atoms with Gasteiger partial charge in [0.05, 0.1) is 23.1 Å². The number of aliphatic hydroxyl groups is 1. The summed E-state index contributed by atoms with van der Waals surface area (Å²) >= 11 is 6.02. The van der Waals surface area contributed by atoms with Gasteiger partial charge in [-0.2, -0.15) is 4.31 Å². The zero-order valence-corrected chi connectivity index (χ0v) is 20.9. The molecule has 186 valence electrons. The second kappa shape index (κ2) is 10.5. The molecule has 0 radical (unpaired) electrons. The highest BCUT2D eigenvalue weighted by molar-refractivity contribution is 7.89. The van der Waals surface area contributed by atoms with Crippen LogP contribution in [0.4, 0.5) is 0 Å². The summed E-state index contributed by atoms with van der Waals surface area (Å²) in [6, 6.07) is 11.6. The van der Waals surface area contributed by atoms with Crippen molar-refractivity contribution in [2.45, 2.75) is 30.2 Å². The third-order valence-corrected chi connectivity index (χ3v) is 8.51. The van der Waals surface area contributed by atoms with Gasteiger partial charge >= 0.3 is 0 Å². The van der Waals surface area contributed by atoms with Crippen molar-refractivity contribution in [1.29, 1.82) is 0 Å². The molecule has 2 heterocycles. The lowest BCUT2D eigenvalue weighted by Crippen LogP contribution is -2.35. The number of halogens is 1. The molecule has 10 heteroatoms. The summed E-state index contributed by atoms with van der Waals surface area (Å²) in [4.78, 5) is 27.3. The Morgan fingerprint density at radius 3 is 2.26 bits per heavy atom. The van der Waals surface area contributed by atoms with Crippen molar-refractivity contribution < 1.29 is 27.9 Å². The molecule has 0 spiro atoms. The Morgan fingerprint density at radius 2 is 1.66 bits per heavy atom.